The third-order valence-electron chi connectivity index (χ3n) is 4.20. The first-order chi connectivity index (χ1) is 14.7. The summed E-state index contributed by atoms with van der Waals surface area (Å²) in [5.74, 6) is 1.48. The fourth-order valence-electron chi connectivity index (χ4n) is 2.79. The lowest BCUT2D eigenvalue weighted by Crippen LogP contribution is -2.14. The van der Waals surface area contributed by atoms with E-state index in [2.05, 4.69) is 5.32 Å². The molecule has 0 aromatic heterocycles. The Balaban J connectivity index is 1.87. The summed E-state index contributed by atoms with van der Waals surface area (Å²) < 4.78 is 16.5. The van der Waals surface area contributed by atoms with Gasteiger partial charge in [-0.2, -0.15) is 5.26 Å². The number of carbonyl (C=O) groups is 1. The van der Waals surface area contributed by atoms with Gasteiger partial charge < -0.3 is 19.5 Å². The number of nitrogens with zero attached hydrogens (tertiary/aromatic N) is 1. The molecule has 0 radical (unpaired) electrons. The highest BCUT2D eigenvalue weighted by Gasteiger charge is 2.15. The molecule has 0 atom stereocenters. The van der Waals surface area contributed by atoms with Crippen LogP contribution >= 0.6 is 0 Å². The molecule has 0 saturated heterocycles. The normalized spacial score (nSPS) is 10.6. The highest BCUT2D eigenvalue weighted by molar-refractivity contribution is 6.10. The summed E-state index contributed by atoms with van der Waals surface area (Å²) >= 11 is 0. The number of ether oxygens (including phenoxy) is 3. The van der Waals surface area contributed by atoms with Crippen molar-refractivity contribution in [1.29, 1.82) is 5.26 Å². The zero-order valence-corrected chi connectivity index (χ0v) is 16.6. The summed E-state index contributed by atoms with van der Waals surface area (Å²) in [6.45, 7) is 0. The van der Waals surface area contributed by atoms with E-state index in [1.807, 2.05) is 36.4 Å². The number of benzene rings is 3. The summed E-state index contributed by atoms with van der Waals surface area (Å²) in [5.41, 5.74) is 0.915. The Morgan fingerprint density at radius 1 is 0.900 bits per heavy atom. The van der Waals surface area contributed by atoms with Crippen LogP contribution in [0.5, 0.6) is 23.0 Å². The Labute approximate surface area is 174 Å². The van der Waals surface area contributed by atoms with Crippen LogP contribution in [0.2, 0.25) is 0 Å². The minimum absolute atomic E-state index is 0.0870. The molecule has 6 nitrogen and oxygen atoms in total. The number of amides is 1. The Morgan fingerprint density at radius 3 is 2.30 bits per heavy atom. The highest BCUT2D eigenvalue weighted by Crippen LogP contribution is 2.33. The van der Waals surface area contributed by atoms with Crippen LogP contribution in [0.1, 0.15) is 5.56 Å². The van der Waals surface area contributed by atoms with E-state index < -0.39 is 5.91 Å². The van der Waals surface area contributed by atoms with Gasteiger partial charge in [-0.1, -0.05) is 42.5 Å². The lowest BCUT2D eigenvalue weighted by Gasteiger charge is -2.12. The van der Waals surface area contributed by atoms with E-state index in [0.717, 1.165) is 0 Å². The predicted octanol–water partition coefficient (Wildman–Crippen LogP) is 5.04. The van der Waals surface area contributed by atoms with Crippen molar-refractivity contribution in [1.82, 2.24) is 0 Å². The van der Waals surface area contributed by atoms with Gasteiger partial charge in [-0.25, -0.2) is 0 Å². The van der Waals surface area contributed by atoms with E-state index in [1.165, 1.54) is 20.3 Å². The molecule has 1 N–H and O–H groups in total. The maximum atomic E-state index is 12.8. The molecule has 0 aliphatic rings. The molecule has 0 saturated carbocycles. The number of methoxy groups -OCH3 is 2. The van der Waals surface area contributed by atoms with Gasteiger partial charge in [0.25, 0.3) is 5.91 Å². The van der Waals surface area contributed by atoms with E-state index in [0.29, 0.717) is 34.2 Å². The quantitative estimate of drug-likeness (QED) is 0.444. The van der Waals surface area contributed by atoms with Gasteiger partial charge in [0.15, 0.2) is 17.2 Å². The van der Waals surface area contributed by atoms with Crippen molar-refractivity contribution < 1.29 is 19.0 Å². The highest BCUT2D eigenvalue weighted by atomic mass is 16.5. The van der Waals surface area contributed by atoms with Crippen molar-refractivity contribution in [2.24, 2.45) is 0 Å². The van der Waals surface area contributed by atoms with Crippen LogP contribution < -0.4 is 19.5 Å². The molecular formula is C24H20N2O4. The number of anilines is 1. The molecule has 0 fully saturated rings. The van der Waals surface area contributed by atoms with Crippen molar-refractivity contribution in [2.75, 3.05) is 19.5 Å². The maximum Gasteiger partial charge on any atom is 0.266 e. The summed E-state index contributed by atoms with van der Waals surface area (Å²) in [6, 6.07) is 23.4. The zero-order chi connectivity index (χ0) is 21.3. The van der Waals surface area contributed by atoms with Crippen LogP contribution in [-0.4, -0.2) is 20.1 Å². The second-order valence-electron chi connectivity index (χ2n) is 6.12. The Bertz CT molecular complexity index is 1100. The second kappa shape index (κ2) is 9.80. The Hall–Kier alpha value is -4.24. The Kier molecular flexibility index (Phi) is 6.70. The summed E-state index contributed by atoms with van der Waals surface area (Å²) in [6.07, 6.45) is 1.46. The molecule has 0 aliphatic carbocycles. The fourth-order valence-corrected chi connectivity index (χ4v) is 2.79. The van der Waals surface area contributed by atoms with Gasteiger partial charge in [0, 0.05) is 5.56 Å². The number of nitrogens with one attached hydrogen (secondary N) is 1. The predicted molar refractivity (Wildman–Crippen MR) is 115 cm³/mol. The smallest absolute Gasteiger partial charge is 0.266 e. The number of para-hydroxylation sites is 4. The third-order valence-corrected chi connectivity index (χ3v) is 4.20. The molecule has 0 unspecified atom stereocenters. The lowest BCUT2D eigenvalue weighted by atomic mass is 10.1. The molecule has 3 aromatic rings. The minimum atomic E-state index is -0.563. The SMILES string of the molecule is COc1cccc(/C=C(\C#N)C(=O)Nc2ccccc2Oc2ccccc2)c1OC. The van der Waals surface area contributed by atoms with Crippen molar-refractivity contribution in [2.45, 2.75) is 0 Å². The number of nitriles is 1. The van der Waals surface area contributed by atoms with E-state index in [9.17, 15) is 10.1 Å². The molecule has 1 amide bonds. The van der Waals surface area contributed by atoms with Gasteiger partial charge in [0.1, 0.15) is 17.4 Å². The van der Waals surface area contributed by atoms with Crippen molar-refractivity contribution in [3.05, 3.63) is 83.9 Å². The molecule has 0 aliphatic heterocycles. The van der Waals surface area contributed by atoms with E-state index >= 15 is 0 Å². The molecule has 0 spiro atoms. The van der Waals surface area contributed by atoms with Crippen molar-refractivity contribution in [3.63, 3.8) is 0 Å². The monoisotopic (exact) mass is 400 g/mol. The number of carbonyl (C=O) groups excluding carboxylic acids is 1. The van der Waals surface area contributed by atoms with Gasteiger partial charge in [0.05, 0.1) is 19.9 Å². The van der Waals surface area contributed by atoms with Crippen LogP contribution in [0.25, 0.3) is 6.08 Å². The molecule has 0 bridgehead atoms. The van der Waals surface area contributed by atoms with Gasteiger partial charge in [-0.05, 0) is 36.4 Å². The fraction of sp³-hybridized carbons (Fsp3) is 0.0833. The van der Waals surface area contributed by atoms with Crippen LogP contribution in [0, 0.1) is 11.3 Å². The minimum Gasteiger partial charge on any atom is -0.493 e. The van der Waals surface area contributed by atoms with Crippen LogP contribution in [0.4, 0.5) is 5.69 Å². The molecule has 3 aromatic carbocycles. The topological polar surface area (TPSA) is 80.6 Å². The Morgan fingerprint density at radius 2 is 1.60 bits per heavy atom. The first-order valence-electron chi connectivity index (χ1n) is 9.12. The maximum absolute atomic E-state index is 12.8. The van der Waals surface area contributed by atoms with Gasteiger partial charge >= 0.3 is 0 Å². The number of rotatable bonds is 7. The van der Waals surface area contributed by atoms with E-state index in [-0.39, 0.29) is 5.57 Å². The van der Waals surface area contributed by atoms with Crippen molar-refractivity contribution in [3.8, 4) is 29.1 Å². The lowest BCUT2D eigenvalue weighted by molar-refractivity contribution is -0.112. The first-order valence-corrected chi connectivity index (χ1v) is 9.12. The largest absolute Gasteiger partial charge is 0.493 e. The molecule has 30 heavy (non-hydrogen) atoms. The first kappa shape index (κ1) is 20.5. The molecule has 6 heteroatoms. The molecule has 3 rings (SSSR count). The van der Waals surface area contributed by atoms with E-state index in [4.69, 9.17) is 14.2 Å². The zero-order valence-electron chi connectivity index (χ0n) is 16.6. The van der Waals surface area contributed by atoms with E-state index in [1.54, 1.807) is 42.5 Å². The third kappa shape index (κ3) is 4.78. The standard InChI is InChI=1S/C24H20N2O4/c1-28-22-14-8-9-17(23(22)29-2)15-18(16-25)24(27)26-20-12-6-7-13-21(20)30-19-10-4-3-5-11-19/h3-15H,1-2H3,(H,26,27)/b18-15+. The van der Waals surface area contributed by atoms with Gasteiger partial charge in [-0.3, -0.25) is 4.79 Å². The number of hydrogen-bond acceptors (Lipinski definition) is 5. The second-order valence-corrected chi connectivity index (χ2v) is 6.12. The summed E-state index contributed by atoms with van der Waals surface area (Å²) in [5, 5.41) is 12.3. The summed E-state index contributed by atoms with van der Waals surface area (Å²) in [7, 11) is 3.02. The number of hydrogen-bond donors (Lipinski definition) is 1. The van der Waals surface area contributed by atoms with Crippen LogP contribution in [0.3, 0.4) is 0 Å². The molecule has 150 valence electrons. The molecular weight excluding hydrogens is 380 g/mol. The average molecular weight is 400 g/mol. The molecule has 0 heterocycles. The van der Waals surface area contributed by atoms with Gasteiger partial charge in [-0.15, -0.1) is 0 Å². The van der Waals surface area contributed by atoms with Gasteiger partial charge in [0.2, 0.25) is 0 Å². The summed E-state index contributed by atoms with van der Waals surface area (Å²) in [4.78, 5) is 12.8. The van der Waals surface area contributed by atoms with Crippen molar-refractivity contribution >= 4 is 17.7 Å². The van der Waals surface area contributed by atoms with Crippen LogP contribution in [0.15, 0.2) is 78.4 Å². The average Bonchev–Trinajstić information content (AvgIpc) is 2.79. The van der Waals surface area contributed by atoms with Crippen LogP contribution in [-0.2, 0) is 4.79 Å².